The Labute approximate surface area is 102 Å². The van der Waals surface area contributed by atoms with E-state index in [4.69, 9.17) is 9.84 Å². The van der Waals surface area contributed by atoms with Crippen LogP contribution >= 0.6 is 0 Å². The Morgan fingerprint density at radius 2 is 2.00 bits per heavy atom. The van der Waals surface area contributed by atoms with Crippen molar-refractivity contribution in [2.75, 3.05) is 13.2 Å². The fourth-order valence-electron chi connectivity index (χ4n) is 2.06. The molecular weight excluding hydrogens is 240 g/mol. The van der Waals surface area contributed by atoms with Gasteiger partial charge in [0.1, 0.15) is 5.56 Å². The second-order valence-electron chi connectivity index (χ2n) is 4.25. The van der Waals surface area contributed by atoms with Crippen LogP contribution in [0.25, 0.3) is 0 Å². The molecule has 0 spiro atoms. The van der Waals surface area contributed by atoms with E-state index in [0.717, 1.165) is 10.8 Å². The van der Waals surface area contributed by atoms with E-state index in [1.807, 2.05) is 0 Å². The molecule has 0 radical (unpaired) electrons. The second kappa shape index (κ2) is 4.77. The fraction of sp³-hybridized carbons (Fsp3) is 0.545. The van der Waals surface area contributed by atoms with Crippen LogP contribution in [0.15, 0.2) is 15.8 Å². The molecule has 2 rings (SSSR count). The molecule has 7 nitrogen and oxygen atoms in total. The molecule has 0 atom stereocenters. The van der Waals surface area contributed by atoms with Crippen molar-refractivity contribution in [2.24, 2.45) is 7.05 Å². The molecule has 0 aromatic carbocycles. The lowest BCUT2D eigenvalue weighted by Gasteiger charge is -2.24. The first-order valence-corrected chi connectivity index (χ1v) is 5.65. The minimum Gasteiger partial charge on any atom is -0.477 e. The summed E-state index contributed by atoms with van der Waals surface area (Å²) >= 11 is 0. The highest BCUT2D eigenvalue weighted by molar-refractivity contribution is 5.86. The highest BCUT2D eigenvalue weighted by Gasteiger charge is 2.21. The summed E-state index contributed by atoms with van der Waals surface area (Å²) in [4.78, 5) is 34.5. The Hall–Kier alpha value is -1.89. The SMILES string of the molecule is Cn1c(=O)c(C(=O)O)cn(C2CCOCC2)c1=O. The van der Waals surface area contributed by atoms with Gasteiger partial charge in [-0.2, -0.15) is 0 Å². The molecule has 1 fully saturated rings. The van der Waals surface area contributed by atoms with Crippen LogP contribution < -0.4 is 11.2 Å². The number of aromatic nitrogens is 2. The van der Waals surface area contributed by atoms with Crippen molar-refractivity contribution in [1.82, 2.24) is 9.13 Å². The van der Waals surface area contributed by atoms with E-state index in [0.29, 0.717) is 26.1 Å². The fourth-order valence-corrected chi connectivity index (χ4v) is 2.06. The molecule has 7 heteroatoms. The summed E-state index contributed by atoms with van der Waals surface area (Å²) in [6, 6.07) is -0.115. The molecule has 1 aliphatic rings. The van der Waals surface area contributed by atoms with Crippen LogP contribution in [-0.4, -0.2) is 33.4 Å². The summed E-state index contributed by atoms with van der Waals surface area (Å²) in [5.41, 5.74) is -1.66. The predicted molar refractivity (Wildman–Crippen MR) is 62.0 cm³/mol. The van der Waals surface area contributed by atoms with Crippen molar-refractivity contribution < 1.29 is 14.6 Å². The Balaban J connectivity index is 2.56. The smallest absolute Gasteiger partial charge is 0.342 e. The Bertz CT molecular complexity index is 580. The number of hydrogen-bond donors (Lipinski definition) is 1. The summed E-state index contributed by atoms with van der Waals surface area (Å²) < 4.78 is 7.35. The highest BCUT2D eigenvalue weighted by Crippen LogP contribution is 2.18. The van der Waals surface area contributed by atoms with E-state index in [1.165, 1.54) is 11.6 Å². The monoisotopic (exact) mass is 254 g/mol. The number of carboxylic acid groups (broad SMARTS) is 1. The Morgan fingerprint density at radius 1 is 1.39 bits per heavy atom. The van der Waals surface area contributed by atoms with Gasteiger partial charge >= 0.3 is 11.7 Å². The van der Waals surface area contributed by atoms with Crippen LogP contribution in [0.3, 0.4) is 0 Å². The third-order valence-corrected chi connectivity index (χ3v) is 3.13. The van der Waals surface area contributed by atoms with Crippen molar-refractivity contribution in [3.8, 4) is 0 Å². The maximum atomic E-state index is 12.0. The quantitative estimate of drug-likeness (QED) is 0.775. The van der Waals surface area contributed by atoms with E-state index in [9.17, 15) is 14.4 Å². The molecule has 1 aromatic heterocycles. The standard InChI is InChI=1S/C11H14N2O5/c1-12-9(14)8(10(15)16)6-13(11(12)17)7-2-4-18-5-3-7/h6-7H,2-5H2,1H3,(H,15,16). The van der Waals surface area contributed by atoms with Crippen LogP contribution in [0, 0.1) is 0 Å². The summed E-state index contributed by atoms with van der Waals surface area (Å²) in [7, 11) is 1.28. The Morgan fingerprint density at radius 3 is 2.56 bits per heavy atom. The van der Waals surface area contributed by atoms with Gasteiger partial charge in [0.05, 0.1) is 0 Å². The first-order valence-electron chi connectivity index (χ1n) is 5.65. The van der Waals surface area contributed by atoms with Crippen LogP contribution in [0.2, 0.25) is 0 Å². The minimum atomic E-state index is -1.32. The van der Waals surface area contributed by atoms with Crippen LogP contribution in [0.5, 0.6) is 0 Å². The molecule has 1 aromatic rings. The van der Waals surface area contributed by atoms with Crippen molar-refractivity contribution in [2.45, 2.75) is 18.9 Å². The first kappa shape index (κ1) is 12.6. The van der Waals surface area contributed by atoms with Gasteiger partial charge in [0.2, 0.25) is 0 Å². The summed E-state index contributed by atoms with van der Waals surface area (Å²) in [5, 5.41) is 8.95. The summed E-state index contributed by atoms with van der Waals surface area (Å²) in [5.74, 6) is -1.32. The second-order valence-corrected chi connectivity index (χ2v) is 4.25. The number of carboxylic acids is 1. The van der Waals surface area contributed by atoms with E-state index in [1.54, 1.807) is 0 Å². The largest absolute Gasteiger partial charge is 0.477 e. The molecule has 0 bridgehead atoms. The van der Waals surface area contributed by atoms with Crippen molar-refractivity contribution in [1.29, 1.82) is 0 Å². The lowest BCUT2D eigenvalue weighted by atomic mass is 10.1. The lowest BCUT2D eigenvalue weighted by molar-refractivity contribution is 0.0661. The van der Waals surface area contributed by atoms with Crippen LogP contribution in [0.1, 0.15) is 29.2 Å². The van der Waals surface area contributed by atoms with Gasteiger partial charge in [-0.15, -0.1) is 0 Å². The third-order valence-electron chi connectivity index (χ3n) is 3.13. The van der Waals surface area contributed by atoms with Crippen molar-refractivity contribution in [3.05, 3.63) is 32.6 Å². The molecule has 1 aliphatic heterocycles. The van der Waals surface area contributed by atoms with Gasteiger partial charge in [-0.25, -0.2) is 9.59 Å². The van der Waals surface area contributed by atoms with E-state index >= 15 is 0 Å². The zero-order valence-electron chi connectivity index (χ0n) is 9.96. The van der Waals surface area contributed by atoms with Gasteiger partial charge in [0.25, 0.3) is 5.56 Å². The van der Waals surface area contributed by atoms with E-state index < -0.39 is 17.2 Å². The number of ether oxygens (including phenoxy) is 1. The normalized spacial score (nSPS) is 16.7. The first-order chi connectivity index (χ1) is 8.52. The van der Waals surface area contributed by atoms with Gasteiger partial charge in [-0.3, -0.25) is 13.9 Å². The molecule has 0 unspecified atom stereocenters. The maximum Gasteiger partial charge on any atom is 0.342 e. The summed E-state index contributed by atoms with van der Waals surface area (Å²) in [6.45, 7) is 1.06. The molecule has 1 saturated heterocycles. The molecule has 1 N–H and O–H groups in total. The van der Waals surface area contributed by atoms with Gasteiger partial charge in [-0.1, -0.05) is 0 Å². The van der Waals surface area contributed by atoms with E-state index in [2.05, 4.69) is 0 Å². The average Bonchev–Trinajstić information content (AvgIpc) is 2.37. The number of nitrogens with zero attached hydrogens (tertiary/aromatic N) is 2. The highest BCUT2D eigenvalue weighted by atomic mass is 16.5. The number of hydrogen-bond acceptors (Lipinski definition) is 4. The average molecular weight is 254 g/mol. The number of aromatic carboxylic acids is 1. The van der Waals surface area contributed by atoms with Crippen molar-refractivity contribution in [3.63, 3.8) is 0 Å². The van der Waals surface area contributed by atoms with Crippen molar-refractivity contribution >= 4 is 5.97 Å². The molecule has 0 saturated carbocycles. The zero-order valence-corrected chi connectivity index (χ0v) is 9.96. The van der Waals surface area contributed by atoms with Crippen LogP contribution in [0.4, 0.5) is 0 Å². The van der Waals surface area contributed by atoms with Gasteiger partial charge < -0.3 is 9.84 Å². The van der Waals surface area contributed by atoms with Gasteiger partial charge in [0, 0.05) is 32.5 Å². The topological polar surface area (TPSA) is 90.5 Å². The lowest BCUT2D eigenvalue weighted by Crippen LogP contribution is -2.42. The molecular formula is C11H14N2O5. The maximum absolute atomic E-state index is 12.0. The predicted octanol–water partition coefficient (Wildman–Crippen LogP) is -0.403. The van der Waals surface area contributed by atoms with E-state index in [-0.39, 0.29) is 11.6 Å². The molecule has 18 heavy (non-hydrogen) atoms. The minimum absolute atomic E-state index is 0.115. The molecule has 0 aliphatic carbocycles. The number of rotatable bonds is 2. The Kier molecular flexibility index (Phi) is 3.33. The zero-order chi connectivity index (χ0) is 13.3. The number of carbonyl (C=O) groups is 1. The third kappa shape index (κ3) is 2.08. The molecule has 0 amide bonds. The summed E-state index contributed by atoms with van der Waals surface area (Å²) in [6.07, 6.45) is 2.41. The van der Waals surface area contributed by atoms with Gasteiger partial charge in [0.15, 0.2) is 0 Å². The van der Waals surface area contributed by atoms with Crippen LogP contribution in [-0.2, 0) is 11.8 Å². The van der Waals surface area contributed by atoms with Gasteiger partial charge in [-0.05, 0) is 12.8 Å². The molecule has 98 valence electrons. The molecule has 2 heterocycles.